The summed E-state index contributed by atoms with van der Waals surface area (Å²) in [6, 6.07) is 7.65. The number of hydrogen-bond donors (Lipinski definition) is 0. The number of aryl methyl sites for hydroxylation is 1. The number of nitrogens with zero attached hydrogens (tertiary/aromatic N) is 2. The van der Waals surface area contributed by atoms with Crippen LogP contribution in [0.2, 0.25) is 0 Å². The Labute approximate surface area is 169 Å². The number of halogens is 6. The largest absolute Gasteiger partial charge is 0.491 e. The number of pyridine rings is 1. The molecule has 2 aliphatic rings. The summed E-state index contributed by atoms with van der Waals surface area (Å²) in [5, 5.41) is 0. The van der Waals surface area contributed by atoms with Crippen LogP contribution in [-0.2, 0) is 12.4 Å². The van der Waals surface area contributed by atoms with Gasteiger partial charge in [0.1, 0.15) is 23.9 Å². The molecule has 1 saturated carbocycles. The fourth-order valence-corrected chi connectivity index (χ4v) is 4.51. The first-order valence-electron chi connectivity index (χ1n) is 9.66. The molecule has 4 rings (SSSR count). The van der Waals surface area contributed by atoms with Crippen molar-refractivity contribution in [2.45, 2.75) is 50.6 Å². The Morgan fingerprint density at radius 1 is 1.03 bits per heavy atom. The van der Waals surface area contributed by atoms with Crippen molar-refractivity contribution in [2.24, 2.45) is 5.92 Å². The second-order valence-electron chi connectivity index (χ2n) is 7.92. The van der Waals surface area contributed by atoms with Crippen LogP contribution in [0.5, 0.6) is 5.75 Å². The molecule has 3 nitrogen and oxygen atoms in total. The number of alkyl halides is 6. The molecule has 2 bridgehead atoms. The molecular formula is C21H20F6N2O. The van der Waals surface area contributed by atoms with Crippen LogP contribution in [0.15, 0.2) is 36.4 Å². The van der Waals surface area contributed by atoms with Crippen molar-refractivity contribution < 1.29 is 31.1 Å². The Kier molecular flexibility index (Phi) is 5.10. The van der Waals surface area contributed by atoms with Crippen LogP contribution in [0.25, 0.3) is 0 Å². The SMILES string of the molecule is Cc1cccc(OC[C@@H]2[C@H]3CC[C@H](C3)N2c2cc(C(F)(F)F)cc(C(F)(F)F)n2)c1. The summed E-state index contributed by atoms with van der Waals surface area (Å²) in [6.07, 6.45) is -7.58. The molecule has 2 heterocycles. The Balaban J connectivity index is 1.67. The van der Waals surface area contributed by atoms with Crippen molar-refractivity contribution in [1.82, 2.24) is 4.98 Å². The van der Waals surface area contributed by atoms with Gasteiger partial charge in [0.15, 0.2) is 0 Å². The molecule has 2 fully saturated rings. The lowest BCUT2D eigenvalue weighted by molar-refractivity contribution is -0.145. The summed E-state index contributed by atoms with van der Waals surface area (Å²) < 4.78 is 85.4. The van der Waals surface area contributed by atoms with Gasteiger partial charge in [0.25, 0.3) is 0 Å². The Bertz CT molecular complexity index is 894. The third-order valence-corrected chi connectivity index (χ3v) is 5.84. The van der Waals surface area contributed by atoms with E-state index in [1.807, 2.05) is 25.1 Å². The van der Waals surface area contributed by atoms with E-state index in [4.69, 9.17) is 4.74 Å². The first-order valence-corrected chi connectivity index (χ1v) is 9.66. The van der Waals surface area contributed by atoms with E-state index in [0.717, 1.165) is 18.1 Å². The van der Waals surface area contributed by atoms with Gasteiger partial charge in [0.2, 0.25) is 0 Å². The monoisotopic (exact) mass is 430 g/mol. The van der Waals surface area contributed by atoms with E-state index < -0.39 is 23.6 Å². The van der Waals surface area contributed by atoms with Crippen LogP contribution in [0, 0.1) is 12.8 Å². The van der Waals surface area contributed by atoms with Crippen LogP contribution in [-0.4, -0.2) is 23.7 Å². The van der Waals surface area contributed by atoms with Gasteiger partial charge in [-0.05, 0) is 61.9 Å². The third-order valence-electron chi connectivity index (χ3n) is 5.84. The van der Waals surface area contributed by atoms with Crippen molar-refractivity contribution in [3.05, 3.63) is 53.2 Å². The van der Waals surface area contributed by atoms with E-state index in [1.165, 1.54) is 0 Å². The molecule has 0 radical (unpaired) electrons. The van der Waals surface area contributed by atoms with Gasteiger partial charge in [0.05, 0.1) is 11.6 Å². The topological polar surface area (TPSA) is 25.4 Å². The summed E-state index contributed by atoms with van der Waals surface area (Å²) in [4.78, 5) is 5.19. The summed E-state index contributed by atoms with van der Waals surface area (Å²) in [6.45, 7) is 2.08. The zero-order valence-electron chi connectivity index (χ0n) is 16.1. The first kappa shape index (κ1) is 20.8. The van der Waals surface area contributed by atoms with Crippen LogP contribution < -0.4 is 9.64 Å². The van der Waals surface area contributed by atoms with Gasteiger partial charge in [-0.1, -0.05) is 12.1 Å². The molecule has 1 aromatic carbocycles. The van der Waals surface area contributed by atoms with Gasteiger partial charge in [-0.15, -0.1) is 0 Å². The summed E-state index contributed by atoms with van der Waals surface area (Å²) in [7, 11) is 0. The van der Waals surface area contributed by atoms with Gasteiger partial charge in [-0.3, -0.25) is 0 Å². The van der Waals surface area contributed by atoms with E-state index in [0.29, 0.717) is 18.6 Å². The van der Waals surface area contributed by atoms with Gasteiger partial charge in [0, 0.05) is 6.04 Å². The lowest BCUT2D eigenvalue weighted by atomic mass is 9.99. The predicted molar refractivity (Wildman–Crippen MR) is 98.3 cm³/mol. The quantitative estimate of drug-likeness (QED) is 0.568. The summed E-state index contributed by atoms with van der Waals surface area (Å²) in [5.74, 6) is 0.471. The van der Waals surface area contributed by atoms with E-state index in [9.17, 15) is 26.3 Å². The molecule has 30 heavy (non-hydrogen) atoms. The highest BCUT2D eigenvalue weighted by Crippen LogP contribution is 2.46. The fourth-order valence-electron chi connectivity index (χ4n) is 4.51. The van der Waals surface area contributed by atoms with Crippen molar-refractivity contribution in [3.63, 3.8) is 0 Å². The molecule has 1 aromatic heterocycles. The lowest BCUT2D eigenvalue weighted by Crippen LogP contribution is -2.45. The smallest absolute Gasteiger partial charge is 0.433 e. The molecule has 0 N–H and O–H groups in total. The second kappa shape index (κ2) is 7.35. The third kappa shape index (κ3) is 4.06. The van der Waals surface area contributed by atoms with E-state index >= 15 is 0 Å². The van der Waals surface area contributed by atoms with E-state index in [-0.39, 0.29) is 36.5 Å². The van der Waals surface area contributed by atoms with Gasteiger partial charge < -0.3 is 9.64 Å². The number of aromatic nitrogens is 1. The minimum Gasteiger partial charge on any atom is -0.491 e. The summed E-state index contributed by atoms with van der Waals surface area (Å²) in [5.41, 5.74) is -1.89. The van der Waals surface area contributed by atoms with Crippen LogP contribution in [0.4, 0.5) is 32.2 Å². The van der Waals surface area contributed by atoms with Crippen molar-refractivity contribution >= 4 is 5.82 Å². The zero-order valence-corrected chi connectivity index (χ0v) is 16.1. The maximum absolute atomic E-state index is 13.3. The Morgan fingerprint density at radius 3 is 2.47 bits per heavy atom. The molecule has 1 aliphatic carbocycles. The van der Waals surface area contributed by atoms with Gasteiger partial charge >= 0.3 is 12.4 Å². The highest BCUT2D eigenvalue weighted by molar-refractivity contribution is 5.49. The number of piperidine rings is 1. The molecule has 0 spiro atoms. The molecule has 0 amide bonds. The molecule has 1 saturated heterocycles. The molecule has 162 valence electrons. The molecule has 3 atom stereocenters. The molecular weight excluding hydrogens is 410 g/mol. The Morgan fingerprint density at radius 2 is 1.80 bits per heavy atom. The van der Waals surface area contributed by atoms with Crippen molar-refractivity contribution in [1.29, 1.82) is 0 Å². The number of anilines is 1. The van der Waals surface area contributed by atoms with Crippen LogP contribution in [0.1, 0.15) is 36.1 Å². The van der Waals surface area contributed by atoms with Gasteiger partial charge in [-0.2, -0.15) is 26.3 Å². The first-order chi connectivity index (χ1) is 14.0. The van der Waals surface area contributed by atoms with Gasteiger partial charge in [-0.25, -0.2) is 4.98 Å². The van der Waals surface area contributed by atoms with Crippen LogP contribution >= 0.6 is 0 Å². The molecule has 1 aliphatic heterocycles. The zero-order chi connectivity index (χ0) is 21.7. The predicted octanol–water partition coefficient (Wildman–Crippen LogP) is 5.86. The fraction of sp³-hybridized carbons (Fsp3) is 0.476. The highest BCUT2D eigenvalue weighted by Gasteiger charge is 2.48. The van der Waals surface area contributed by atoms with Crippen molar-refractivity contribution in [3.8, 4) is 5.75 Å². The molecule has 0 unspecified atom stereocenters. The van der Waals surface area contributed by atoms with Crippen molar-refractivity contribution in [2.75, 3.05) is 11.5 Å². The molecule has 2 aromatic rings. The second-order valence-corrected chi connectivity index (χ2v) is 7.92. The minimum absolute atomic E-state index is 0.0656. The molecule has 9 heteroatoms. The normalized spacial score (nSPS) is 23.8. The lowest BCUT2D eigenvalue weighted by Gasteiger charge is -2.36. The summed E-state index contributed by atoms with van der Waals surface area (Å²) >= 11 is 0. The standard InChI is InChI=1S/C21H20F6N2O/c1-12-3-2-4-16(7-12)30-11-17-13-5-6-15(8-13)29(17)19-10-14(20(22,23)24)9-18(28-19)21(25,26)27/h2-4,7,9-10,13,15,17H,5-6,8,11H2,1H3/t13-,15+,17+/m0/s1. The maximum Gasteiger partial charge on any atom is 0.433 e. The Hall–Kier alpha value is -2.45. The number of rotatable bonds is 4. The number of hydrogen-bond acceptors (Lipinski definition) is 3. The highest BCUT2D eigenvalue weighted by atomic mass is 19.4. The minimum atomic E-state index is -4.97. The average Bonchev–Trinajstić information content (AvgIpc) is 3.26. The van der Waals surface area contributed by atoms with E-state index in [1.54, 1.807) is 11.0 Å². The maximum atomic E-state index is 13.3. The number of fused-ring (bicyclic) bond motifs is 2. The van der Waals surface area contributed by atoms with Crippen LogP contribution in [0.3, 0.4) is 0 Å². The number of ether oxygens (including phenoxy) is 1. The van der Waals surface area contributed by atoms with E-state index in [2.05, 4.69) is 4.98 Å². The number of benzene rings is 1. The average molecular weight is 430 g/mol.